The molecule has 1 aliphatic carbocycles. The first-order valence-electron chi connectivity index (χ1n) is 21.2. The van der Waals surface area contributed by atoms with Crippen LogP contribution in [0.15, 0.2) is 206 Å². The Morgan fingerprint density at radius 2 is 0.738 bits per heavy atom. The molecule has 2 heteroatoms. The zero-order valence-corrected chi connectivity index (χ0v) is 34.0. The second-order valence-corrected chi connectivity index (χ2v) is 16.9. The zero-order valence-electron chi connectivity index (χ0n) is 34.0. The Labute approximate surface area is 355 Å². The monoisotopic (exact) mass is 776 g/mol. The number of benzene rings is 10. The highest BCUT2D eigenvalue weighted by Crippen LogP contribution is 2.54. The summed E-state index contributed by atoms with van der Waals surface area (Å²) >= 11 is 0. The Balaban J connectivity index is 1.07. The van der Waals surface area contributed by atoms with Crippen molar-refractivity contribution < 1.29 is 0 Å². The summed E-state index contributed by atoms with van der Waals surface area (Å²) in [5, 5.41) is 9.67. The summed E-state index contributed by atoms with van der Waals surface area (Å²) in [6.45, 7) is 4.74. The van der Waals surface area contributed by atoms with Crippen molar-refractivity contribution in [3.8, 4) is 67.3 Å². The zero-order chi connectivity index (χ0) is 40.7. The smallest absolute Gasteiger partial charge is 0.161 e. The highest BCUT2D eigenvalue weighted by atomic mass is 14.9. The molecule has 1 aliphatic rings. The molecule has 0 spiro atoms. The second-order valence-electron chi connectivity index (χ2n) is 16.9. The Morgan fingerprint density at radius 1 is 0.295 bits per heavy atom. The van der Waals surface area contributed by atoms with E-state index < -0.39 is 0 Å². The molecule has 0 bridgehead atoms. The van der Waals surface area contributed by atoms with Gasteiger partial charge in [0.1, 0.15) is 0 Å². The summed E-state index contributed by atoms with van der Waals surface area (Å²) in [6, 6.07) is 74.9. The van der Waals surface area contributed by atoms with Crippen LogP contribution in [0.3, 0.4) is 0 Å². The van der Waals surface area contributed by atoms with Gasteiger partial charge in [-0.25, -0.2) is 9.97 Å². The van der Waals surface area contributed by atoms with E-state index in [0.29, 0.717) is 5.82 Å². The van der Waals surface area contributed by atoms with E-state index in [0.717, 1.165) is 39.2 Å². The Bertz CT molecular complexity index is 3470. The highest BCUT2D eigenvalue weighted by Gasteiger charge is 2.37. The van der Waals surface area contributed by atoms with E-state index in [2.05, 4.69) is 220 Å². The molecule has 61 heavy (non-hydrogen) atoms. The number of fused-ring (bicyclic) bond motifs is 7. The molecule has 0 fully saturated rings. The van der Waals surface area contributed by atoms with E-state index in [1.54, 1.807) is 0 Å². The average Bonchev–Trinajstić information content (AvgIpc) is 3.54. The summed E-state index contributed by atoms with van der Waals surface area (Å²) in [5.41, 5.74) is 15.0. The molecule has 0 amide bonds. The van der Waals surface area contributed by atoms with Crippen LogP contribution < -0.4 is 0 Å². The molecule has 0 N–H and O–H groups in total. The number of nitrogens with zero attached hydrogens (tertiary/aromatic N) is 2. The fourth-order valence-electron chi connectivity index (χ4n) is 10.1. The van der Waals surface area contributed by atoms with Gasteiger partial charge in [-0.3, -0.25) is 0 Å². The molecule has 2 nitrogen and oxygen atoms in total. The average molecular weight is 777 g/mol. The molecule has 0 saturated carbocycles. The third-order valence-corrected chi connectivity index (χ3v) is 13.1. The lowest BCUT2D eigenvalue weighted by molar-refractivity contribution is 0.661. The molecule has 0 saturated heterocycles. The number of rotatable bonds is 5. The second kappa shape index (κ2) is 13.7. The molecule has 0 radical (unpaired) electrons. The fraction of sp³-hybridized carbons (Fsp3) is 0.0508. The van der Waals surface area contributed by atoms with Crippen LogP contribution >= 0.6 is 0 Å². The largest absolute Gasteiger partial charge is 0.228 e. The molecule has 286 valence electrons. The van der Waals surface area contributed by atoms with Gasteiger partial charge in [0.25, 0.3) is 0 Å². The minimum atomic E-state index is -0.120. The first kappa shape index (κ1) is 35.3. The topological polar surface area (TPSA) is 25.8 Å². The van der Waals surface area contributed by atoms with Crippen molar-refractivity contribution in [3.05, 3.63) is 217 Å². The normalized spacial score (nSPS) is 12.9. The van der Waals surface area contributed by atoms with E-state index in [-0.39, 0.29) is 5.41 Å². The van der Waals surface area contributed by atoms with E-state index in [1.807, 2.05) is 0 Å². The van der Waals surface area contributed by atoms with Crippen LogP contribution in [0.1, 0.15) is 25.0 Å². The van der Waals surface area contributed by atoms with Crippen LogP contribution in [0.25, 0.3) is 110 Å². The van der Waals surface area contributed by atoms with Crippen molar-refractivity contribution in [2.45, 2.75) is 19.3 Å². The lowest BCUT2D eigenvalue weighted by atomic mass is 9.81. The van der Waals surface area contributed by atoms with Crippen molar-refractivity contribution in [2.24, 2.45) is 0 Å². The standard InChI is InChI=1S/C59H40N2/c1-59(2)53-31-15-30-50(57(53)52-34-39-18-3-4-19-40(39)35-54(52)59)47-33-32-46(43-24-9-10-25-44(43)47)45-26-11-12-27-51(45)58-60-55(48-28-13-20-37-16-5-7-22-41(37)48)36-56(61-58)49-29-14-21-38-17-6-8-23-42(38)49/h3-36H,1-2H3. The molecule has 11 aromatic rings. The maximum atomic E-state index is 5.45. The lowest BCUT2D eigenvalue weighted by Gasteiger charge is -2.22. The molecule has 1 aromatic heterocycles. The number of hydrogen-bond acceptors (Lipinski definition) is 2. The van der Waals surface area contributed by atoms with E-state index in [1.165, 1.54) is 76.5 Å². The molecular formula is C59H40N2. The van der Waals surface area contributed by atoms with Gasteiger partial charge in [0.2, 0.25) is 0 Å². The van der Waals surface area contributed by atoms with Gasteiger partial charge in [0.05, 0.1) is 11.4 Å². The summed E-state index contributed by atoms with van der Waals surface area (Å²) in [5.74, 6) is 0.698. The van der Waals surface area contributed by atoms with Crippen molar-refractivity contribution >= 4 is 43.1 Å². The first-order chi connectivity index (χ1) is 30.0. The van der Waals surface area contributed by atoms with Gasteiger partial charge in [-0.1, -0.05) is 202 Å². The highest BCUT2D eigenvalue weighted by molar-refractivity contribution is 6.10. The van der Waals surface area contributed by atoms with E-state index >= 15 is 0 Å². The molecule has 0 atom stereocenters. The van der Waals surface area contributed by atoms with Crippen LogP contribution in [-0.2, 0) is 5.41 Å². The maximum Gasteiger partial charge on any atom is 0.161 e. The molecule has 1 heterocycles. The van der Waals surface area contributed by atoms with Crippen molar-refractivity contribution in [1.29, 1.82) is 0 Å². The van der Waals surface area contributed by atoms with Gasteiger partial charge in [-0.2, -0.15) is 0 Å². The minimum Gasteiger partial charge on any atom is -0.228 e. The van der Waals surface area contributed by atoms with E-state index in [4.69, 9.17) is 9.97 Å². The van der Waals surface area contributed by atoms with E-state index in [9.17, 15) is 0 Å². The molecule has 10 aromatic carbocycles. The molecule has 12 rings (SSSR count). The Hall–Kier alpha value is -7.68. The first-order valence-corrected chi connectivity index (χ1v) is 21.2. The van der Waals surface area contributed by atoms with Crippen molar-refractivity contribution in [1.82, 2.24) is 9.97 Å². The summed E-state index contributed by atoms with van der Waals surface area (Å²) < 4.78 is 0. The number of hydrogen-bond donors (Lipinski definition) is 0. The SMILES string of the molecule is CC1(C)c2cc3ccccc3cc2-c2c(-c3ccc(-c4ccccc4-c4nc(-c5cccc6ccccc56)cc(-c5cccc6ccccc56)n4)c4ccccc34)cccc21. The molecule has 0 unspecified atom stereocenters. The van der Waals surface area contributed by atoms with Gasteiger partial charge < -0.3 is 0 Å². The van der Waals surface area contributed by atoms with Crippen LogP contribution in [0.5, 0.6) is 0 Å². The summed E-state index contributed by atoms with van der Waals surface area (Å²) in [6.07, 6.45) is 0. The van der Waals surface area contributed by atoms with Crippen LogP contribution in [0, 0.1) is 0 Å². The summed E-state index contributed by atoms with van der Waals surface area (Å²) in [4.78, 5) is 10.9. The van der Waals surface area contributed by atoms with Gasteiger partial charge in [0, 0.05) is 22.1 Å². The van der Waals surface area contributed by atoms with Gasteiger partial charge in [0.15, 0.2) is 5.82 Å². The third kappa shape index (κ3) is 5.56. The van der Waals surface area contributed by atoms with Crippen LogP contribution in [-0.4, -0.2) is 9.97 Å². The minimum absolute atomic E-state index is 0.120. The van der Waals surface area contributed by atoms with Crippen LogP contribution in [0.2, 0.25) is 0 Å². The summed E-state index contributed by atoms with van der Waals surface area (Å²) in [7, 11) is 0. The van der Waals surface area contributed by atoms with Gasteiger partial charge in [-0.15, -0.1) is 0 Å². The Morgan fingerprint density at radius 3 is 1.36 bits per heavy atom. The predicted molar refractivity (Wildman–Crippen MR) is 257 cm³/mol. The molecular weight excluding hydrogens is 737 g/mol. The number of aromatic nitrogens is 2. The van der Waals surface area contributed by atoms with Gasteiger partial charge in [-0.05, 0) is 106 Å². The quantitative estimate of drug-likeness (QED) is 0.174. The molecule has 0 aliphatic heterocycles. The fourth-order valence-corrected chi connectivity index (χ4v) is 10.1. The predicted octanol–water partition coefficient (Wildman–Crippen LogP) is 15.7. The van der Waals surface area contributed by atoms with Gasteiger partial charge >= 0.3 is 0 Å². The van der Waals surface area contributed by atoms with Crippen molar-refractivity contribution in [2.75, 3.05) is 0 Å². The maximum absolute atomic E-state index is 5.45. The Kier molecular flexibility index (Phi) is 7.92. The lowest BCUT2D eigenvalue weighted by Crippen LogP contribution is -2.14. The third-order valence-electron chi connectivity index (χ3n) is 13.1. The van der Waals surface area contributed by atoms with Crippen molar-refractivity contribution in [3.63, 3.8) is 0 Å². The van der Waals surface area contributed by atoms with Crippen LogP contribution in [0.4, 0.5) is 0 Å².